The lowest BCUT2D eigenvalue weighted by Crippen LogP contribution is -2.61. The van der Waals surface area contributed by atoms with Crippen LogP contribution in [-0.4, -0.2) is 325 Å². The smallest absolute Gasteiger partial charge is 0.420 e. The molecule has 3 aromatic heterocycles. The van der Waals surface area contributed by atoms with Crippen LogP contribution in [0.25, 0.3) is 34.0 Å². The molecule has 0 unspecified atom stereocenters. The maximum absolute atomic E-state index is 15.3. The quantitative estimate of drug-likeness (QED) is 0.0270. The molecule has 0 spiro atoms. The highest BCUT2D eigenvalue weighted by molar-refractivity contribution is 6.01. The Hall–Kier alpha value is -11.1. The van der Waals surface area contributed by atoms with Crippen LogP contribution >= 0.6 is 0 Å². The molecule has 7 aliphatic heterocycles. The van der Waals surface area contributed by atoms with Crippen LogP contribution in [0, 0.1) is 41.4 Å². The number of aromatic nitrogens is 4. The lowest BCUT2D eigenvalue weighted by atomic mass is 9.73. The van der Waals surface area contributed by atoms with Crippen LogP contribution in [0.1, 0.15) is 194 Å². The Labute approximate surface area is 876 Å². The highest BCUT2D eigenvalue weighted by Crippen LogP contribution is 2.46. The largest absolute Gasteiger partial charge is 0.458 e. The van der Waals surface area contributed by atoms with Gasteiger partial charge in [-0.25, -0.2) is 28.7 Å². The highest BCUT2D eigenvalue weighted by atomic mass is 16.7. The molecular weight excluding hydrogens is 1910 g/mol. The number of amides is 1. The first kappa shape index (κ1) is 117. The highest BCUT2D eigenvalue weighted by Gasteiger charge is 2.62. The van der Waals surface area contributed by atoms with Gasteiger partial charge in [0.1, 0.15) is 36.2 Å². The molecule has 0 saturated carbocycles. The Kier molecular flexibility index (Phi) is 42.1. The van der Waals surface area contributed by atoms with E-state index in [4.69, 9.17) is 72.0 Å². The van der Waals surface area contributed by atoms with E-state index in [1.54, 1.807) is 127 Å². The number of fused-ring (bicyclic) bond motifs is 3. The number of para-hydroxylation sites is 2. The topological polar surface area (TPSA) is 386 Å². The van der Waals surface area contributed by atoms with Gasteiger partial charge in [0, 0.05) is 104 Å². The van der Waals surface area contributed by atoms with E-state index < -0.39 is 167 Å². The van der Waals surface area contributed by atoms with Gasteiger partial charge in [0.05, 0.1) is 116 Å². The molecular formula is C115H156N10O24. The fraction of sp³-hybridized carbons (Fsp3) is 0.574. The van der Waals surface area contributed by atoms with Gasteiger partial charge < -0.3 is 86.7 Å². The molecule has 0 aliphatic carbocycles. The van der Waals surface area contributed by atoms with Gasteiger partial charge >= 0.3 is 36.1 Å². The van der Waals surface area contributed by atoms with Crippen LogP contribution in [-0.2, 0) is 95.1 Å². The van der Waals surface area contributed by atoms with Crippen LogP contribution in [0.3, 0.4) is 0 Å². The third-order valence-electron chi connectivity index (χ3n) is 30.0. The number of esters is 4. The van der Waals surface area contributed by atoms with Crippen molar-refractivity contribution >= 4 is 93.2 Å². The van der Waals surface area contributed by atoms with Gasteiger partial charge in [-0.05, 0) is 226 Å². The van der Waals surface area contributed by atoms with Crippen LogP contribution in [0.4, 0.5) is 9.59 Å². The third-order valence-corrected chi connectivity index (χ3v) is 30.0. The molecule has 1 amide bonds. The minimum atomic E-state index is -1.65. The fourth-order valence-electron chi connectivity index (χ4n) is 21.8. The van der Waals surface area contributed by atoms with Gasteiger partial charge in [0.25, 0.3) is 0 Å². The molecule has 34 nitrogen and oxygen atoms in total. The molecule has 810 valence electrons. The number of carbonyl (C=O) groups is 10. The van der Waals surface area contributed by atoms with E-state index in [0.717, 1.165) is 96.4 Å². The predicted octanol–water partition coefficient (Wildman–Crippen LogP) is 15.1. The van der Waals surface area contributed by atoms with E-state index in [-0.39, 0.29) is 80.3 Å². The molecule has 6 fully saturated rings. The zero-order chi connectivity index (χ0) is 108. The number of rotatable bonds is 28. The van der Waals surface area contributed by atoms with E-state index >= 15 is 9.59 Å². The number of nitrogens with two attached hydrogens (primary N) is 1. The molecule has 2 N–H and O–H groups in total. The predicted molar refractivity (Wildman–Crippen MR) is 562 cm³/mol. The minimum Gasteiger partial charge on any atom is -0.458 e. The van der Waals surface area contributed by atoms with Crippen molar-refractivity contribution in [2.45, 2.75) is 264 Å². The van der Waals surface area contributed by atoms with E-state index in [0.29, 0.717) is 56.7 Å². The number of allylic oxidation sites excluding steroid dienone is 1. The molecule has 4 aromatic carbocycles. The molecule has 0 bridgehead atoms. The summed E-state index contributed by atoms with van der Waals surface area (Å²) in [5, 5.41) is 1.94. The Balaban J connectivity index is 0.000000242. The number of morpholine rings is 2. The SMILES string of the molecule is CC[C@H]1OC(=O)[C@H](C)C(=O)[C@H](C)[C@@H](O[C@@H]2O[C@H](C)C[C@H](N(C)C)[C@H]2OC(=O)c2ccccc2)[C@](C)(OC/C=C/c2cnc3ccccc3c2)C[C@@H](C)C(=O)/C(C)=C/[C@]1(C)OC(=O)n1ccnc1.CC[C@H]1OC(=O)[C@H](C)C(=O)[C@H](C)[C@@H](O[C@@H]2O[C@H](C)C[C@H](N(C)C)[C@H]2OC(=O)c2ccccc2)[C@](C)(OC/C=C/c2cnc3ccccc3c2)C[C@@H](C)C(=O)[C@H](C)[C@H]2N(CCCN3CCOCC3)C(=O)O[C@]12C.NCCCN1CCOCC1. The van der Waals surface area contributed by atoms with Crippen molar-refractivity contribution in [3.63, 3.8) is 0 Å². The van der Waals surface area contributed by atoms with Crippen molar-refractivity contribution in [2.24, 2.45) is 47.2 Å². The summed E-state index contributed by atoms with van der Waals surface area (Å²) in [6.07, 6.45) is 8.71. The minimum absolute atomic E-state index is 0.00650. The summed E-state index contributed by atoms with van der Waals surface area (Å²) in [5.41, 5.74) is 3.69. The van der Waals surface area contributed by atoms with E-state index in [1.165, 1.54) is 38.6 Å². The van der Waals surface area contributed by atoms with Gasteiger partial charge in [0.2, 0.25) is 0 Å². The van der Waals surface area contributed by atoms with Crippen molar-refractivity contribution in [3.05, 3.63) is 198 Å². The molecule has 14 rings (SSSR count). The number of ether oxygens (including phenoxy) is 14. The maximum atomic E-state index is 15.3. The summed E-state index contributed by atoms with van der Waals surface area (Å²) in [4.78, 5) is 167. The number of likely N-dealkylation sites (N-methyl/N-ethyl adjacent to an activating group) is 2. The number of ketones is 4. The van der Waals surface area contributed by atoms with Crippen LogP contribution < -0.4 is 5.73 Å². The molecule has 24 atom stereocenters. The van der Waals surface area contributed by atoms with Gasteiger partial charge in [0.15, 0.2) is 53.3 Å². The summed E-state index contributed by atoms with van der Waals surface area (Å²) < 4.78 is 90.2. The van der Waals surface area contributed by atoms with E-state index in [9.17, 15) is 38.4 Å². The Bertz CT molecular complexity index is 5720. The number of carbonyl (C=O) groups excluding carboxylic acids is 10. The molecule has 6 saturated heterocycles. The van der Waals surface area contributed by atoms with Gasteiger partial charge in [-0.3, -0.25) is 48.5 Å². The average Bonchev–Trinajstić information content (AvgIpc) is 1.60. The second-order valence-electron chi connectivity index (χ2n) is 41.9. The number of hydrogen-bond donors (Lipinski definition) is 1. The average molecular weight is 2060 g/mol. The number of Topliss-reactive ketones (excluding diaryl/α,β-unsaturated/α-hetero) is 4. The first-order valence-electron chi connectivity index (χ1n) is 52.7. The summed E-state index contributed by atoms with van der Waals surface area (Å²) in [7, 11) is 7.55. The lowest BCUT2D eigenvalue weighted by Gasteiger charge is -2.48. The normalized spacial score (nSPS) is 31.5. The summed E-state index contributed by atoms with van der Waals surface area (Å²) in [5.74, 6) is -11.5. The zero-order valence-corrected chi connectivity index (χ0v) is 90.3. The molecule has 34 heteroatoms. The summed E-state index contributed by atoms with van der Waals surface area (Å²) in [6, 6.07) is 35.3. The first-order chi connectivity index (χ1) is 71.1. The van der Waals surface area contributed by atoms with E-state index in [2.05, 4.69) is 24.8 Å². The second-order valence-corrected chi connectivity index (χ2v) is 41.9. The number of nitrogens with zero attached hydrogens (tertiary/aromatic N) is 9. The molecule has 149 heavy (non-hydrogen) atoms. The van der Waals surface area contributed by atoms with Crippen LogP contribution in [0.2, 0.25) is 0 Å². The van der Waals surface area contributed by atoms with Crippen LogP contribution in [0.15, 0.2) is 176 Å². The number of hydrogen-bond acceptors (Lipinski definition) is 32. The molecule has 7 aromatic rings. The number of imidazole rings is 1. The van der Waals surface area contributed by atoms with Crippen molar-refractivity contribution in [1.82, 2.24) is 44.0 Å². The van der Waals surface area contributed by atoms with Gasteiger partial charge in [-0.15, -0.1) is 0 Å². The molecule has 7 aliphatic rings. The third kappa shape index (κ3) is 29.9. The van der Waals surface area contributed by atoms with Crippen molar-refractivity contribution in [2.75, 3.05) is 120 Å². The fourth-order valence-corrected chi connectivity index (χ4v) is 21.8. The summed E-state index contributed by atoms with van der Waals surface area (Å²) in [6.45, 7) is 37.4. The van der Waals surface area contributed by atoms with Gasteiger partial charge in [-0.1, -0.05) is 146 Å². The van der Waals surface area contributed by atoms with Gasteiger partial charge in [-0.2, -0.15) is 0 Å². The van der Waals surface area contributed by atoms with Crippen LogP contribution in [0.5, 0.6) is 0 Å². The Morgan fingerprint density at radius 1 is 0.544 bits per heavy atom. The Morgan fingerprint density at radius 2 is 0.987 bits per heavy atom. The Morgan fingerprint density at radius 3 is 1.43 bits per heavy atom. The van der Waals surface area contributed by atoms with E-state index in [1.807, 2.05) is 171 Å². The second kappa shape index (κ2) is 53.8. The zero-order valence-electron chi connectivity index (χ0n) is 90.3. The number of cyclic esters (lactones) is 2. The maximum Gasteiger partial charge on any atom is 0.420 e. The number of pyridine rings is 2. The monoisotopic (exact) mass is 2060 g/mol. The molecule has 0 radical (unpaired) electrons. The molecule has 10 heterocycles. The van der Waals surface area contributed by atoms with Crippen molar-refractivity contribution < 1.29 is 114 Å². The number of benzene rings is 4. The standard InChI is InChI=1S/C56H76N4O12.C52H64N4O11.C7H16N2O/c1-11-45-56(8)49(60(54(65)72-56)25-18-24-59-26-29-66-30-27-59)37(4)46(61)35(2)33-55(7,67-28-17-19-40-32-42-22-15-16-23-43(42)57-34-40)50(38(5)47(62)39(6)51(63)69-45)71-53-48(44(58(9)10)31-36(3)68-53)70-52(64)41-20-13-12-14-21-41;1-11-42-51(7,67-50(61)56-24-23-53-31-56)28-32(2)43(57)33(3)29-52(8,62-25-17-18-37-27-39-21-15-16-22-40(39)54-30-37)46(35(5)44(58)36(6)47(59)64-42)66-49-45(41(55(9)10)26-34(4)63-49)65-48(60)38-19-13-12-14-20-38;8-2-1-3-9-4-6-10-7-5-9/h12-17,19-23,32,34-39,44-45,48-50,53H,11,18,24-31,33H2,1-10H3;12-24,27-28,30-31,33-36,41-42,45-46,49H,11,25-26,29H2,1-10H3;1-8H2/b19-17+;18-17+,32-28+;/t35-,36-,37+,38+,39-,44+,45-,48-,49-,50-,53+,55-,56-;33-,34-,35+,36-,41+,42-,45-,46-,49+,51+,52-;/m11./s1. The summed E-state index contributed by atoms with van der Waals surface area (Å²) >= 11 is 0. The lowest BCUT2D eigenvalue weighted by molar-refractivity contribution is -0.296. The van der Waals surface area contributed by atoms with Crippen molar-refractivity contribution in [3.8, 4) is 0 Å². The first-order valence-corrected chi connectivity index (χ1v) is 52.7. The van der Waals surface area contributed by atoms with Crippen molar-refractivity contribution in [1.29, 1.82) is 0 Å².